The van der Waals surface area contributed by atoms with E-state index in [4.69, 9.17) is 21.2 Å². The fourth-order valence-electron chi connectivity index (χ4n) is 15.2. The normalized spacial score (nSPS) is 22.2. The number of amides is 3. The summed E-state index contributed by atoms with van der Waals surface area (Å²) in [6.07, 6.45) is 8.18. The van der Waals surface area contributed by atoms with Crippen molar-refractivity contribution in [2.24, 2.45) is 11.3 Å². The van der Waals surface area contributed by atoms with Crippen molar-refractivity contribution in [1.82, 2.24) is 34.7 Å². The average molecular weight is 1370 g/mol. The molecule has 6 aliphatic heterocycles. The van der Waals surface area contributed by atoms with E-state index in [0.717, 1.165) is 190 Å². The maximum atomic E-state index is 14.2. The van der Waals surface area contributed by atoms with Crippen LogP contribution in [-0.2, 0) is 25.2 Å². The Morgan fingerprint density at radius 1 is 0.719 bits per heavy atom. The molecule has 512 valence electrons. The number of nitrogens with one attached hydrogen (secondary N) is 2. The highest BCUT2D eigenvalue weighted by Gasteiger charge is 2.46. The van der Waals surface area contributed by atoms with Crippen LogP contribution in [0.1, 0.15) is 95.2 Å². The third-order valence-corrected chi connectivity index (χ3v) is 22.4. The monoisotopic (exact) mass is 1370 g/mol. The molecule has 6 fully saturated rings. The van der Waals surface area contributed by atoms with Gasteiger partial charge < -0.3 is 44.3 Å². The number of hydrogen-bond donors (Lipinski definition) is 2. The van der Waals surface area contributed by atoms with Crippen molar-refractivity contribution in [2.45, 2.75) is 86.8 Å². The number of benzene rings is 5. The van der Waals surface area contributed by atoms with Crippen LogP contribution >= 0.6 is 35.4 Å². The zero-order chi connectivity index (χ0) is 66.2. The van der Waals surface area contributed by atoms with E-state index >= 15 is 0 Å². The predicted octanol–water partition coefficient (Wildman–Crippen LogP) is 11.1. The molecule has 96 heavy (non-hydrogen) atoms. The molecule has 17 nitrogen and oxygen atoms in total. The molecule has 2 N–H and O–H groups in total. The van der Waals surface area contributed by atoms with Gasteiger partial charge in [0, 0.05) is 194 Å². The lowest BCUT2D eigenvalue weighted by Crippen LogP contribution is -2.52. The first-order chi connectivity index (χ1) is 46.6. The second-order valence-electron chi connectivity index (χ2n) is 27.4. The zero-order valence-corrected chi connectivity index (χ0v) is 57.0. The van der Waals surface area contributed by atoms with Gasteiger partial charge >= 0.3 is 5.51 Å². The lowest BCUT2D eigenvalue weighted by molar-refractivity contribution is -0.136. The van der Waals surface area contributed by atoms with Crippen LogP contribution in [0.2, 0.25) is 5.02 Å². The smallest absolute Gasteiger partial charge is 0.380 e. The number of imide groups is 1. The van der Waals surface area contributed by atoms with E-state index in [2.05, 4.69) is 85.7 Å². The Morgan fingerprint density at radius 3 is 2.12 bits per heavy atom. The predicted molar refractivity (Wildman–Crippen MR) is 373 cm³/mol. The van der Waals surface area contributed by atoms with Crippen molar-refractivity contribution in [3.05, 3.63) is 154 Å². The quantitative estimate of drug-likeness (QED) is 0.0143. The SMILES string of the molecule is O=C1CCC(N2Cc3cc(N4CCN(CC5(CN6CCN(CC7CCC(c8ccc(Cl)cc8)=C(CN8CCN(c9ccc(C(=O)c%10ccc(NC(CCN%11CCCOCC%11)CSc%11ccccc%11)c(OOSC(F)(F)F)c%10)cc9)CC8)C7)CC6)CC5)CC4)ccc3C2=O)C(=O)N1. The van der Waals surface area contributed by atoms with Gasteiger partial charge in [0.05, 0.1) is 12.3 Å². The van der Waals surface area contributed by atoms with Gasteiger partial charge in [0.1, 0.15) is 6.04 Å². The summed E-state index contributed by atoms with van der Waals surface area (Å²) in [6, 6.07) is 36.3. The van der Waals surface area contributed by atoms with Crippen molar-refractivity contribution in [3.63, 3.8) is 0 Å². The minimum atomic E-state index is -4.70. The second-order valence-corrected chi connectivity index (χ2v) is 29.7. The number of allylic oxidation sites excluding steroid dienone is 1. The van der Waals surface area contributed by atoms with Crippen LogP contribution in [0.25, 0.3) is 5.57 Å². The highest BCUT2D eigenvalue weighted by Crippen LogP contribution is 2.48. The van der Waals surface area contributed by atoms with Gasteiger partial charge in [0.2, 0.25) is 11.8 Å². The Morgan fingerprint density at radius 2 is 1.41 bits per heavy atom. The molecule has 2 aliphatic carbocycles. The van der Waals surface area contributed by atoms with Crippen LogP contribution in [0.3, 0.4) is 0 Å². The molecule has 0 radical (unpaired) electrons. The highest BCUT2D eigenvalue weighted by molar-refractivity contribution is 7.99. The Kier molecular flexibility index (Phi) is 22.3. The molecule has 13 rings (SSSR count). The third kappa shape index (κ3) is 17.8. The van der Waals surface area contributed by atoms with Gasteiger partial charge in [-0.3, -0.25) is 34.3 Å². The number of carbonyl (C=O) groups excluding carboxylic acids is 4. The lowest BCUT2D eigenvalue weighted by Gasteiger charge is -2.41. The number of nitrogens with zero attached hydrogens (tertiary/aromatic N) is 8. The molecular formula is C73H88ClF3N10O7S2. The molecule has 1 saturated carbocycles. The standard InChI is InChI=1S/C73H88ClF3N10O7S2/c74-58-13-8-53(9-14-58)63-18-7-52(46-81-28-30-83(31-29-81)50-72(24-25-72)51-84-34-38-86(39-35-84)61-17-19-64-57(44-61)48-87(71(64)91)66-21-22-68(88)79-70(66)90)43-56(63)47-82-32-36-85(37-33-82)60-15-10-54(11-16-60)69(89)55-12-20-65(67(45-55)93-94-96-73(75,76)77)78-59(49-95-62-5-2-1-3-6-62)23-27-80-26-4-41-92-42-40-80/h1-3,5-6,8-17,19-20,44-45,52,59,66,78H,4,7,18,21-43,46-51H2,(H,79,88,90). The molecule has 5 saturated heterocycles. The molecule has 0 aromatic heterocycles. The molecule has 8 aliphatic rings. The maximum Gasteiger partial charge on any atom is 0.471 e. The minimum absolute atomic E-state index is 0.0159. The van der Waals surface area contributed by atoms with Gasteiger partial charge in [-0.1, -0.05) is 47.5 Å². The fraction of sp³-hybridized carbons (Fsp3) is 0.507. The third-order valence-electron chi connectivity index (χ3n) is 20.7. The first-order valence-corrected chi connectivity index (χ1v) is 36.5. The summed E-state index contributed by atoms with van der Waals surface area (Å²) in [4.78, 5) is 77.9. The summed E-state index contributed by atoms with van der Waals surface area (Å²) in [7, 11) is 0. The minimum Gasteiger partial charge on any atom is -0.380 e. The molecule has 5 aromatic carbocycles. The van der Waals surface area contributed by atoms with Gasteiger partial charge in [0.25, 0.3) is 5.91 Å². The number of rotatable bonds is 25. The summed E-state index contributed by atoms with van der Waals surface area (Å²) in [5, 5.41) is 6.68. The van der Waals surface area contributed by atoms with Gasteiger partial charge in [-0.2, -0.15) is 13.2 Å². The number of fused-ring (bicyclic) bond motifs is 1. The Hall–Kier alpha value is -6.18. The van der Waals surface area contributed by atoms with Gasteiger partial charge in [-0.15, -0.1) is 16.1 Å². The number of carbonyl (C=O) groups is 4. The number of piperazine rings is 3. The number of ketones is 1. The maximum absolute atomic E-state index is 14.2. The highest BCUT2D eigenvalue weighted by atomic mass is 35.5. The molecule has 3 amide bonds. The van der Waals surface area contributed by atoms with E-state index < -0.39 is 23.6 Å². The van der Waals surface area contributed by atoms with Gasteiger partial charge in [-0.25, -0.2) is 0 Å². The number of hydrogen-bond acceptors (Lipinski definition) is 17. The van der Waals surface area contributed by atoms with Crippen LogP contribution < -0.4 is 25.3 Å². The molecule has 23 heteroatoms. The van der Waals surface area contributed by atoms with Crippen LogP contribution in [0, 0.1) is 11.3 Å². The van der Waals surface area contributed by atoms with Crippen LogP contribution in [0.5, 0.6) is 5.75 Å². The number of ether oxygens (including phenoxy) is 1. The van der Waals surface area contributed by atoms with Crippen molar-refractivity contribution < 1.29 is 46.3 Å². The summed E-state index contributed by atoms with van der Waals surface area (Å²) in [5.74, 6) is 0.166. The topological polar surface area (TPSA) is 146 Å². The molecule has 6 heterocycles. The van der Waals surface area contributed by atoms with E-state index in [1.165, 1.54) is 35.6 Å². The average Bonchev–Trinajstić information content (AvgIpc) is 1.62. The van der Waals surface area contributed by atoms with E-state index in [-0.39, 0.29) is 47.3 Å². The van der Waals surface area contributed by atoms with Crippen LogP contribution in [-0.4, -0.2) is 214 Å². The van der Waals surface area contributed by atoms with E-state index in [1.54, 1.807) is 28.8 Å². The first kappa shape index (κ1) is 68.3. The first-order valence-electron chi connectivity index (χ1n) is 34.4. The van der Waals surface area contributed by atoms with Crippen molar-refractivity contribution >= 4 is 81.5 Å². The summed E-state index contributed by atoms with van der Waals surface area (Å²) < 4.78 is 50.3. The fourth-order valence-corrected chi connectivity index (χ4v) is 16.5. The Balaban J connectivity index is 0.577. The van der Waals surface area contributed by atoms with E-state index in [9.17, 15) is 32.3 Å². The lowest BCUT2D eigenvalue weighted by atomic mass is 9.80. The number of alkyl halides is 3. The van der Waals surface area contributed by atoms with Crippen molar-refractivity contribution in [1.29, 1.82) is 0 Å². The molecule has 3 atom stereocenters. The number of anilines is 3. The number of piperidine rings is 1. The van der Waals surface area contributed by atoms with Crippen molar-refractivity contribution in [3.8, 4) is 5.75 Å². The summed E-state index contributed by atoms with van der Waals surface area (Å²) in [6.45, 7) is 20.5. The van der Waals surface area contributed by atoms with Gasteiger partial charge in [0.15, 0.2) is 23.6 Å². The molecule has 3 unspecified atom stereocenters. The summed E-state index contributed by atoms with van der Waals surface area (Å²) in [5.41, 5.74) is 4.82. The molecule has 0 spiro atoms. The van der Waals surface area contributed by atoms with Crippen LogP contribution in [0.4, 0.5) is 30.2 Å². The van der Waals surface area contributed by atoms with Crippen molar-refractivity contribution in [2.75, 3.05) is 158 Å². The Labute approximate surface area is 575 Å². The Bertz CT molecular complexity index is 3540. The second kappa shape index (κ2) is 31.3. The number of thioether (sulfide) groups is 1. The van der Waals surface area contributed by atoms with E-state index in [1.807, 2.05) is 60.7 Å². The number of halogens is 4. The van der Waals surface area contributed by atoms with Gasteiger partial charge in [-0.05, 0) is 164 Å². The molecule has 5 aromatic rings. The largest absolute Gasteiger partial charge is 0.471 e. The molecule has 0 bridgehead atoms. The zero-order valence-electron chi connectivity index (χ0n) is 54.6. The summed E-state index contributed by atoms with van der Waals surface area (Å²) >= 11 is 7.37. The van der Waals surface area contributed by atoms with E-state index in [0.29, 0.717) is 53.5 Å². The van der Waals surface area contributed by atoms with Crippen LogP contribution in [0.15, 0.2) is 126 Å². The molecular weight excluding hydrogens is 1290 g/mol.